The van der Waals surface area contributed by atoms with Gasteiger partial charge in [-0.15, -0.1) is 0 Å². The van der Waals surface area contributed by atoms with Crippen LogP contribution in [0.25, 0.3) is 0 Å². The number of ether oxygens (including phenoxy) is 2. The predicted molar refractivity (Wildman–Crippen MR) is 82.7 cm³/mol. The largest absolute Gasteiger partial charge is 0.497 e. The summed E-state index contributed by atoms with van der Waals surface area (Å²) in [4.78, 5) is 11.8. The van der Waals surface area contributed by atoms with Gasteiger partial charge in [0.15, 0.2) is 6.61 Å². The standard InChI is InChI=1S/C16H18N2O3/c1-11-4-3-5-12(8-11)18-16(19)10-21-15-7-6-13(20-2)9-14(15)17/h3-9H,10,17H2,1-2H3,(H,18,19). The minimum Gasteiger partial charge on any atom is -0.497 e. The number of aryl methyl sites for hydroxylation is 1. The van der Waals surface area contributed by atoms with E-state index in [-0.39, 0.29) is 12.5 Å². The number of carbonyl (C=O) groups excluding carboxylic acids is 1. The first-order valence-electron chi connectivity index (χ1n) is 6.51. The zero-order valence-electron chi connectivity index (χ0n) is 12.1. The Bertz CT molecular complexity index is 641. The van der Waals surface area contributed by atoms with Crippen LogP contribution < -0.4 is 20.5 Å². The number of carbonyl (C=O) groups is 1. The van der Waals surface area contributed by atoms with Gasteiger partial charge in [0.2, 0.25) is 0 Å². The summed E-state index contributed by atoms with van der Waals surface area (Å²) in [5.41, 5.74) is 8.07. The lowest BCUT2D eigenvalue weighted by Gasteiger charge is -2.10. The van der Waals surface area contributed by atoms with Gasteiger partial charge in [0.05, 0.1) is 12.8 Å². The predicted octanol–water partition coefficient (Wildman–Crippen LogP) is 2.60. The molecular formula is C16H18N2O3. The fraction of sp³-hybridized carbons (Fsp3) is 0.188. The fourth-order valence-corrected chi connectivity index (χ4v) is 1.85. The van der Waals surface area contributed by atoms with Gasteiger partial charge in [-0.3, -0.25) is 4.79 Å². The number of hydrogen-bond acceptors (Lipinski definition) is 4. The summed E-state index contributed by atoms with van der Waals surface area (Å²) in [6.07, 6.45) is 0. The normalized spacial score (nSPS) is 10.0. The third-order valence-electron chi connectivity index (χ3n) is 2.88. The van der Waals surface area contributed by atoms with E-state index in [1.54, 1.807) is 25.3 Å². The third kappa shape index (κ3) is 4.14. The second kappa shape index (κ2) is 6.65. The van der Waals surface area contributed by atoms with E-state index < -0.39 is 0 Å². The Labute approximate surface area is 123 Å². The van der Waals surface area contributed by atoms with E-state index in [1.807, 2.05) is 31.2 Å². The molecule has 0 bridgehead atoms. The molecule has 0 unspecified atom stereocenters. The maximum atomic E-state index is 11.8. The minimum absolute atomic E-state index is 0.107. The lowest BCUT2D eigenvalue weighted by Crippen LogP contribution is -2.20. The van der Waals surface area contributed by atoms with Crippen LogP contribution in [0.5, 0.6) is 11.5 Å². The lowest BCUT2D eigenvalue weighted by molar-refractivity contribution is -0.118. The second-order valence-corrected chi connectivity index (χ2v) is 4.61. The lowest BCUT2D eigenvalue weighted by atomic mass is 10.2. The summed E-state index contributed by atoms with van der Waals surface area (Å²) in [5, 5.41) is 2.77. The van der Waals surface area contributed by atoms with Crippen molar-refractivity contribution in [2.45, 2.75) is 6.92 Å². The number of amides is 1. The highest BCUT2D eigenvalue weighted by Crippen LogP contribution is 2.26. The van der Waals surface area contributed by atoms with Crippen LogP contribution >= 0.6 is 0 Å². The highest BCUT2D eigenvalue weighted by Gasteiger charge is 2.07. The number of hydrogen-bond donors (Lipinski definition) is 2. The van der Waals surface area contributed by atoms with Crippen molar-refractivity contribution in [3.8, 4) is 11.5 Å². The van der Waals surface area contributed by atoms with E-state index in [0.717, 1.165) is 11.3 Å². The van der Waals surface area contributed by atoms with Crippen LogP contribution in [-0.4, -0.2) is 19.6 Å². The molecule has 0 spiro atoms. The molecule has 2 aromatic carbocycles. The Morgan fingerprint density at radius 1 is 1.24 bits per heavy atom. The molecule has 5 heteroatoms. The highest BCUT2D eigenvalue weighted by molar-refractivity contribution is 5.92. The molecule has 0 aliphatic rings. The zero-order chi connectivity index (χ0) is 15.2. The molecule has 2 rings (SSSR count). The van der Waals surface area contributed by atoms with Crippen molar-refractivity contribution >= 4 is 17.3 Å². The molecule has 0 aromatic heterocycles. The smallest absolute Gasteiger partial charge is 0.262 e. The monoisotopic (exact) mass is 286 g/mol. The van der Waals surface area contributed by atoms with Crippen LogP contribution in [0.1, 0.15) is 5.56 Å². The van der Waals surface area contributed by atoms with Crippen molar-refractivity contribution < 1.29 is 14.3 Å². The van der Waals surface area contributed by atoms with E-state index >= 15 is 0 Å². The molecule has 2 aromatic rings. The van der Waals surface area contributed by atoms with Gasteiger partial charge in [0.1, 0.15) is 11.5 Å². The molecule has 5 nitrogen and oxygen atoms in total. The van der Waals surface area contributed by atoms with Crippen LogP contribution in [0, 0.1) is 6.92 Å². The molecule has 0 atom stereocenters. The maximum absolute atomic E-state index is 11.8. The molecule has 21 heavy (non-hydrogen) atoms. The molecule has 0 radical (unpaired) electrons. The van der Waals surface area contributed by atoms with Crippen LogP contribution in [0.4, 0.5) is 11.4 Å². The topological polar surface area (TPSA) is 73.6 Å². The second-order valence-electron chi connectivity index (χ2n) is 4.61. The first-order chi connectivity index (χ1) is 10.1. The van der Waals surface area contributed by atoms with Crippen LogP contribution in [0.3, 0.4) is 0 Å². The fourth-order valence-electron chi connectivity index (χ4n) is 1.85. The molecular weight excluding hydrogens is 268 g/mol. The van der Waals surface area contributed by atoms with Crippen molar-refractivity contribution in [1.29, 1.82) is 0 Å². The van der Waals surface area contributed by atoms with Gasteiger partial charge < -0.3 is 20.5 Å². The van der Waals surface area contributed by atoms with Crippen LogP contribution in [-0.2, 0) is 4.79 Å². The van der Waals surface area contributed by atoms with Gasteiger partial charge in [0.25, 0.3) is 5.91 Å². The SMILES string of the molecule is COc1ccc(OCC(=O)Nc2cccc(C)c2)c(N)c1. The molecule has 0 aliphatic carbocycles. The van der Waals surface area contributed by atoms with Crippen molar-refractivity contribution in [2.75, 3.05) is 24.8 Å². The van der Waals surface area contributed by atoms with Crippen LogP contribution in [0.2, 0.25) is 0 Å². The number of nitrogens with two attached hydrogens (primary N) is 1. The third-order valence-corrected chi connectivity index (χ3v) is 2.88. The number of rotatable bonds is 5. The van der Waals surface area contributed by atoms with E-state index in [0.29, 0.717) is 17.2 Å². The summed E-state index contributed by atoms with van der Waals surface area (Å²) in [5.74, 6) is 0.857. The Morgan fingerprint density at radius 3 is 2.71 bits per heavy atom. The molecule has 0 aliphatic heterocycles. The molecule has 0 fully saturated rings. The number of nitrogen functional groups attached to an aromatic ring is 1. The number of anilines is 2. The molecule has 0 heterocycles. The molecule has 0 saturated heterocycles. The van der Waals surface area contributed by atoms with Crippen molar-refractivity contribution in [3.63, 3.8) is 0 Å². The quantitative estimate of drug-likeness (QED) is 0.829. The van der Waals surface area contributed by atoms with Crippen molar-refractivity contribution in [3.05, 3.63) is 48.0 Å². The van der Waals surface area contributed by atoms with Gasteiger partial charge in [-0.2, -0.15) is 0 Å². The van der Waals surface area contributed by atoms with Crippen LogP contribution in [0.15, 0.2) is 42.5 Å². The van der Waals surface area contributed by atoms with Gasteiger partial charge in [-0.05, 0) is 36.8 Å². The average Bonchev–Trinajstić information content (AvgIpc) is 2.46. The minimum atomic E-state index is -0.240. The molecule has 1 amide bonds. The summed E-state index contributed by atoms with van der Waals surface area (Å²) >= 11 is 0. The van der Waals surface area contributed by atoms with E-state index in [2.05, 4.69) is 5.32 Å². The summed E-state index contributed by atoms with van der Waals surface area (Å²) in [6, 6.07) is 12.6. The van der Waals surface area contributed by atoms with Crippen molar-refractivity contribution in [2.24, 2.45) is 0 Å². The van der Waals surface area contributed by atoms with Gasteiger partial charge in [-0.1, -0.05) is 12.1 Å². The van der Waals surface area contributed by atoms with E-state index in [4.69, 9.17) is 15.2 Å². The Kier molecular flexibility index (Phi) is 4.66. The van der Waals surface area contributed by atoms with Gasteiger partial charge in [-0.25, -0.2) is 0 Å². The van der Waals surface area contributed by atoms with Gasteiger partial charge in [0, 0.05) is 11.8 Å². The summed E-state index contributed by atoms with van der Waals surface area (Å²) < 4.78 is 10.5. The Hall–Kier alpha value is -2.69. The number of benzene rings is 2. The Balaban J connectivity index is 1.92. The average molecular weight is 286 g/mol. The number of nitrogens with one attached hydrogen (secondary N) is 1. The first kappa shape index (κ1) is 14.7. The summed E-state index contributed by atoms with van der Waals surface area (Å²) in [7, 11) is 1.56. The van der Waals surface area contributed by atoms with Crippen molar-refractivity contribution in [1.82, 2.24) is 0 Å². The highest BCUT2D eigenvalue weighted by atomic mass is 16.5. The molecule has 3 N–H and O–H groups in total. The van der Waals surface area contributed by atoms with E-state index in [1.165, 1.54) is 0 Å². The van der Waals surface area contributed by atoms with Gasteiger partial charge >= 0.3 is 0 Å². The maximum Gasteiger partial charge on any atom is 0.262 e. The Morgan fingerprint density at radius 2 is 2.05 bits per heavy atom. The molecule has 0 saturated carbocycles. The zero-order valence-corrected chi connectivity index (χ0v) is 12.1. The number of methoxy groups -OCH3 is 1. The first-order valence-corrected chi connectivity index (χ1v) is 6.51. The molecule has 110 valence electrons. The van der Waals surface area contributed by atoms with E-state index in [9.17, 15) is 4.79 Å². The summed E-state index contributed by atoms with van der Waals surface area (Å²) in [6.45, 7) is 1.86.